The van der Waals surface area contributed by atoms with Crippen LogP contribution < -0.4 is 10.1 Å². The molecule has 1 aromatic rings. The number of hydrogen-bond donors (Lipinski definition) is 1. The predicted molar refractivity (Wildman–Crippen MR) is 80.5 cm³/mol. The number of amides is 1. The smallest absolute Gasteiger partial charge is 0.253 e. The normalized spacial score (nSPS) is 17.2. The number of hydrogen-bond acceptors (Lipinski definition) is 4. The standard InChI is InChI=1S/C16H24N2O3/c1-3-12(2)18-16(19)14-4-5-15(17-10-14)21-11-13-6-8-20-9-7-13/h4-5,10,12-13H,3,6-9,11H2,1-2H3,(H,18,19)/t12-/m0/s1. The third kappa shape index (κ3) is 5.01. The largest absolute Gasteiger partial charge is 0.477 e. The zero-order valence-corrected chi connectivity index (χ0v) is 12.8. The Balaban J connectivity index is 1.82. The first-order valence-corrected chi connectivity index (χ1v) is 7.66. The SMILES string of the molecule is CC[C@H](C)NC(=O)c1ccc(OCC2CCOCC2)nc1. The Morgan fingerprint density at radius 2 is 2.24 bits per heavy atom. The van der Waals surface area contributed by atoms with Gasteiger partial charge >= 0.3 is 0 Å². The molecule has 0 bridgehead atoms. The molecule has 1 amide bonds. The fraction of sp³-hybridized carbons (Fsp3) is 0.625. The summed E-state index contributed by atoms with van der Waals surface area (Å²) >= 11 is 0. The first-order valence-electron chi connectivity index (χ1n) is 7.66. The molecule has 0 spiro atoms. The minimum absolute atomic E-state index is 0.0900. The van der Waals surface area contributed by atoms with Gasteiger partial charge in [-0.05, 0) is 38.2 Å². The van der Waals surface area contributed by atoms with Gasteiger partial charge in [-0.25, -0.2) is 4.98 Å². The first kappa shape index (κ1) is 15.8. The predicted octanol–water partition coefficient (Wildman–Crippen LogP) is 2.42. The summed E-state index contributed by atoms with van der Waals surface area (Å²) in [7, 11) is 0. The summed E-state index contributed by atoms with van der Waals surface area (Å²) in [6.45, 7) is 6.31. The Bertz CT molecular complexity index is 441. The van der Waals surface area contributed by atoms with E-state index in [0.717, 1.165) is 32.5 Å². The second kappa shape index (κ2) is 7.98. The van der Waals surface area contributed by atoms with Gasteiger partial charge in [0.25, 0.3) is 5.91 Å². The topological polar surface area (TPSA) is 60.5 Å². The van der Waals surface area contributed by atoms with E-state index in [1.54, 1.807) is 18.3 Å². The number of nitrogens with zero attached hydrogens (tertiary/aromatic N) is 1. The van der Waals surface area contributed by atoms with Crippen LogP contribution in [0.5, 0.6) is 5.88 Å². The molecule has 1 aliphatic rings. The number of carbonyl (C=O) groups is 1. The molecular formula is C16H24N2O3. The molecule has 0 saturated carbocycles. The Morgan fingerprint density at radius 3 is 2.86 bits per heavy atom. The van der Waals surface area contributed by atoms with Crippen molar-refractivity contribution in [2.45, 2.75) is 39.2 Å². The van der Waals surface area contributed by atoms with Crippen molar-refractivity contribution in [2.24, 2.45) is 5.92 Å². The quantitative estimate of drug-likeness (QED) is 0.874. The van der Waals surface area contributed by atoms with Crippen molar-refractivity contribution in [3.8, 4) is 5.88 Å². The van der Waals surface area contributed by atoms with Crippen molar-refractivity contribution in [3.05, 3.63) is 23.9 Å². The molecule has 5 heteroatoms. The van der Waals surface area contributed by atoms with Crippen LogP contribution in [0.1, 0.15) is 43.5 Å². The highest BCUT2D eigenvalue weighted by Gasteiger charge is 2.15. The lowest BCUT2D eigenvalue weighted by Crippen LogP contribution is -2.31. The summed E-state index contributed by atoms with van der Waals surface area (Å²) in [6.07, 6.45) is 4.55. The highest BCUT2D eigenvalue weighted by Crippen LogP contribution is 2.16. The summed E-state index contributed by atoms with van der Waals surface area (Å²) in [5, 5.41) is 2.92. The molecule has 2 heterocycles. The van der Waals surface area contributed by atoms with Crippen LogP contribution in [0.2, 0.25) is 0 Å². The molecule has 0 radical (unpaired) electrons. The molecule has 0 unspecified atom stereocenters. The van der Waals surface area contributed by atoms with E-state index in [1.807, 2.05) is 13.8 Å². The van der Waals surface area contributed by atoms with Crippen molar-refractivity contribution in [1.82, 2.24) is 10.3 Å². The molecule has 0 aromatic carbocycles. The highest BCUT2D eigenvalue weighted by molar-refractivity contribution is 5.94. The first-order chi connectivity index (χ1) is 10.2. The lowest BCUT2D eigenvalue weighted by atomic mass is 10.0. The Hall–Kier alpha value is -1.62. The second-order valence-electron chi connectivity index (χ2n) is 5.53. The van der Waals surface area contributed by atoms with Crippen molar-refractivity contribution < 1.29 is 14.3 Å². The zero-order valence-electron chi connectivity index (χ0n) is 12.8. The summed E-state index contributed by atoms with van der Waals surface area (Å²) < 4.78 is 11.0. The van der Waals surface area contributed by atoms with E-state index in [1.165, 1.54) is 0 Å². The van der Waals surface area contributed by atoms with Crippen LogP contribution in [0.25, 0.3) is 0 Å². The minimum atomic E-state index is -0.0900. The van der Waals surface area contributed by atoms with Gasteiger partial charge in [0.05, 0.1) is 12.2 Å². The molecule has 5 nitrogen and oxygen atoms in total. The molecule has 1 aromatic heterocycles. The maximum Gasteiger partial charge on any atom is 0.253 e. The van der Waals surface area contributed by atoms with Gasteiger partial charge in [-0.1, -0.05) is 6.92 Å². The van der Waals surface area contributed by atoms with Crippen molar-refractivity contribution >= 4 is 5.91 Å². The van der Waals surface area contributed by atoms with Gasteiger partial charge in [-0.15, -0.1) is 0 Å². The van der Waals surface area contributed by atoms with Gasteiger partial charge in [0.1, 0.15) is 0 Å². The van der Waals surface area contributed by atoms with Crippen LogP contribution in [-0.2, 0) is 4.74 Å². The Morgan fingerprint density at radius 1 is 1.48 bits per heavy atom. The molecule has 1 saturated heterocycles. The molecule has 1 aliphatic heterocycles. The third-order valence-electron chi connectivity index (χ3n) is 3.80. The second-order valence-corrected chi connectivity index (χ2v) is 5.53. The lowest BCUT2D eigenvalue weighted by molar-refractivity contribution is 0.0490. The van der Waals surface area contributed by atoms with E-state index in [2.05, 4.69) is 10.3 Å². The zero-order chi connectivity index (χ0) is 15.1. The average molecular weight is 292 g/mol. The van der Waals surface area contributed by atoms with Gasteiger partial charge in [0, 0.05) is 31.5 Å². The van der Waals surface area contributed by atoms with Crippen molar-refractivity contribution in [2.75, 3.05) is 19.8 Å². The molecule has 116 valence electrons. The number of rotatable bonds is 6. The number of ether oxygens (including phenoxy) is 2. The lowest BCUT2D eigenvalue weighted by Gasteiger charge is -2.21. The van der Waals surface area contributed by atoms with Crippen LogP contribution in [0.15, 0.2) is 18.3 Å². The van der Waals surface area contributed by atoms with Crippen LogP contribution >= 0.6 is 0 Å². The van der Waals surface area contributed by atoms with Crippen LogP contribution in [-0.4, -0.2) is 36.8 Å². The van der Waals surface area contributed by atoms with Gasteiger partial charge in [0.15, 0.2) is 0 Å². The van der Waals surface area contributed by atoms with Gasteiger partial charge < -0.3 is 14.8 Å². The van der Waals surface area contributed by atoms with Gasteiger partial charge in [0.2, 0.25) is 5.88 Å². The maximum absolute atomic E-state index is 11.9. The number of aromatic nitrogens is 1. The molecule has 2 rings (SSSR count). The molecule has 1 fully saturated rings. The van der Waals surface area contributed by atoms with E-state index < -0.39 is 0 Å². The number of nitrogens with one attached hydrogen (secondary N) is 1. The highest BCUT2D eigenvalue weighted by atomic mass is 16.5. The maximum atomic E-state index is 11.9. The fourth-order valence-electron chi connectivity index (χ4n) is 2.13. The van der Waals surface area contributed by atoms with Gasteiger partial charge in [-0.3, -0.25) is 4.79 Å². The molecular weight excluding hydrogens is 268 g/mol. The number of pyridine rings is 1. The third-order valence-corrected chi connectivity index (χ3v) is 3.80. The molecule has 1 atom stereocenters. The minimum Gasteiger partial charge on any atom is -0.477 e. The Labute approximate surface area is 126 Å². The van der Waals surface area contributed by atoms with E-state index in [0.29, 0.717) is 24.0 Å². The van der Waals surface area contributed by atoms with Crippen LogP contribution in [0.4, 0.5) is 0 Å². The van der Waals surface area contributed by atoms with E-state index in [9.17, 15) is 4.79 Å². The summed E-state index contributed by atoms with van der Waals surface area (Å²) in [5.74, 6) is 1.02. The molecule has 0 aliphatic carbocycles. The fourth-order valence-corrected chi connectivity index (χ4v) is 2.13. The summed E-state index contributed by atoms with van der Waals surface area (Å²) in [4.78, 5) is 16.1. The van der Waals surface area contributed by atoms with E-state index >= 15 is 0 Å². The van der Waals surface area contributed by atoms with Crippen LogP contribution in [0, 0.1) is 5.92 Å². The van der Waals surface area contributed by atoms with Gasteiger partial charge in [-0.2, -0.15) is 0 Å². The molecule has 21 heavy (non-hydrogen) atoms. The number of carbonyl (C=O) groups excluding carboxylic acids is 1. The van der Waals surface area contributed by atoms with Crippen molar-refractivity contribution in [1.29, 1.82) is 0 Å². The van der Waals surface area contributed by atoms with E-state index in [-0.39, 0.29) is 11.9 Å². The van der Waals surface area contributed by atoms with Crippen LogP contribution in [0.3, 0.4) is 0 Å². The monoisotopic (exact) mass is 292 g/mol. The van der Waals surface area contributed by atoms with E-state index in [4.69, 9.17) is 9.47 Å². The molecule has 1 N–H and O–H groups in total. The summed E-state index contributed by atoms with van der Waals surface area (Å²) in [5.41, 5.74) is 0.564. The van der Waals surface area contributed by atoms with Crippen molar-refractivity contribution in [3.63, 3.8) is 0 Å². The summed E-state index contributed by atoms with van der Waals surface area (Å²) in [6, 6.07) is 3.68. The Kier molecular flexibility index (Phi) is 5.99. The average Bonchev–Trinajstić information content (AvgIpc) is 2.54.